The summed E-state index contributed by atoms with van der Waals surface area (Å²) in [6.45, 7) is 3.65. The Kier molecular flexibility index (Phi) is 5.98. The third-order valence-electron chi connectivity index (χ3n) is 3.54. The summed E-state index contributed by atoms with van der Waals surface area (Å²) in [6.07, 6.45) is 0.0238. The molecule has 1 aromatic carbocycles. The average Bonchev–Trinajstić information content (AvgIpc) is 2.54. The van der Waals surface area contributed by atoms with Gasteiger partial charge in [0.05, 0.1) is 25.7 Å². The summed E-state index contributed by atoms with van der Waals surface area (Å²) >= 11 is 0. The molecule has 0 bridgehead atoms. The van der Waals surface area contributed by atoms with E-state index in [-0.39, 0.29) is 18.4 Å². The molecule has 1 unspecified atom stereocenters. The van der Waals surface area contributed by atoms with Gasteiger partial charge < -0.3 is 25.4 Å². The summed E-state index contributed by atoms with van der Waals surface area (Å²) in [5.41, 5.74) is 7.43. The number of ether oxygens (including phenoxy) is 2. The van der Waals surface area contributed by atoms with Crippen LogP contribution in [0.25, 0.3) is 0 Å². The Balaban J connectivity index is 1.88. The lowest BCUT2D eigenvalue weighted by Crippen LogP contribution is -2.36. The highest BCUT2D eigenvalue weighted by Gasteiger charge is 2.13. The molecule has 0 aromatic heterocycles. The largest absolute Gasteiger partial charge is 0.380 e. The van der Waals surface area contributed by atoms with Crippen LogP contribution in [-0.4, -0.2) is 52.0 Å². The van der Waals surface area contributed by atoms with Gasteiger partial charge in [0.15, 0.2) is 0 Å². The number of amides is 1. The van der Waals surface area contributed by atoms with Crippen molar-refractivity contribution in [3.8, 4) is 0 Å². The first-order valence-corrected chi connectivity index (χ1v) is 7.18. The van der Waals surface area contributed by atoms with E-state index in [4.69, 9.17) is 15.2 Å². The van der Waals surface area contributed by atoms with Crippen molar-refractivity contribution in [1.29, 1.82) is 0 Å². The summed E-state index contributed by atoms with van der Waals surface area (Å²) in [4.78, 5) is 14.1. The van der Waals surface area contributed by atoms with Gasteiger partial charge >= 0.3 is 0 Å². The van der Waals surface area contributed by atoms with Crippen molar-refractivity contribution in [3.63, 3.8) is 0 Å². The van der Waals surface area contributed by atoms with Crippen LogP contribution in [0, 0.1) is 0 Å². The van der Waals surface area contributed by atoms with E-state index in [1.54, 1.807) is 7.11 Å². The Bertz CT molecular complexity index is 440. The predicted octanol–water partition coefficient (Wildman–Crippen LogP) is 0.826. The predicted molar refractivity (Wildman–Crippen MR) is 82.6 cm³/mol. The second-order valence-electron chi connectivity index (χ2n) is 4.99. The van der Waals surface area contributed by atoms with Crippen molar-refractivity contribution in [2.75, 3.05) is 50.2 Å². The van der Waals surface area contributed by atoms with Gasteiger partial charge in [-0.2, -0.15) is 0 Å². The highest BCUT2D eigenvalue weighted by atomic mass is 16.5. The maximum atomic E-state index is 11.9. The smallest absolute Gasteiger partial charge is 0.227 e. The second kappa shape index (κ2) is 7.97. The standard InChI is InChI=1S/C15H23N3O3/c1-20-14(11-16)10-15(19)17-12-2-4-13(5-3-12)18-6-8-21-9-7-18/h2-5,14H,6-11,16H2,1H3,(H,17,19). The molecule has 1 heterocycles. The summed E-state index contributed by atoms with van der Waals surface area (Å²) in [6, 6.07) is 7.84. The molecule has 6 heteroatoms. The summed E-state index contributed by atoms with van der Waals surface area (Å²) in [5, 5.41) is 2.85. The molecule has 1 amide bonds. The SMILES string of the molecule is COC(CN)CC(=O)Nc1ccc(N2CCOCC2)cc1. The lowest BCUT2D eigenvalue weighted by molar-refractivity contribution is -0.118. The fraction of sp³-hybridized carbons (Fsp3) is 0.533. The average molecular weight is 293 g/mol. The molecule has 3 N–H and O–H groups in total. The van der Waals surface area contributed by atoms with E-state index in [0.717, 1.165) is 37.7 Å². The van der Waals surface area contributed by atoms with E-state index in [0.29, 0.717) is 6.54 Å². The van der Waals surface area contributed by atoms with Crippen molar-refractivity contribution in [2.45, 2.75) is 12.5 Å². The number of anilines is 2. The number of hydrogen-bond donors (Lipinski definition) is 2. The van der Waals surface area contributed by atoms with Gasteiger partial charge in [0, 0.05) is 38.1 Å². The number of benzene rings is 1. The zero-order valence-electron chi connectivity index (χ0n) is 12.4. The molecule has 0 spiro atoms. The molecule has 1 aromatic rings. The maximum Gasteiger partial charge on any atom is 0.227 e. The molecule has 1 aliphatic rings. The van der Waals surface area contributed by atoms with Gasteiger partial charge in [0.1, 0.15) is 0 Å². The molecule has 116 valence electrons. The van der Waals surface area contributed by atoms with Crippen LogP contribution < -0.4 is 16.0 Å². The first-order chi connectivity index (χ1) is 10.2. The monoisotopic (exact) mass is 293 g/mol. The quantitative estimate of drug-likeness (QED) is 0.812. The first kappa shape index (κ1) is 15.8. The molecule has 1 aliphatic heterocycles. The third-order valence-corrected chi connectivity index (χ3v) is 3.54. The molecule has 1 saturated heterocycles. The normalized spacial score (nSPS) is 16.6. The Labute approximate surface area is 125 Å². The van der Waals surface area contributed by atoms with E-state index in [1.807, 2.05) is 24.3 Å². The minimum Gasteiger partial charge on any atom is -0.380 e. The molecule has 0 radical (unpaired) electrons. The Hall–Kier alpha value is -1.63. The maximum absolute atomic E-state index is 11.9. The highest BCUT2D eigenvalue weighted by Crippen LogP contribution is 2.19. The van der Waals surface area contributed by atoms with Crippen LogP contribution in [-0.2, 0) is 14.3 Å². The molecule has 6 nitrogen and oxygen atoms in total. The third kappa shape index (κ3) is 4.70. The zero-order valence-corrected chi connectivity index (χ0v) is 12.4. The minimum atomic E-state index is -0.238. The molecule has 1 fully saturated rings. The molecular formula is C15H23N3O3. The molecule has 2 rings (SSSR count). The van der Waals surface area contributed by atoms with Crippen molar-refractivity contribution >= 4 is 17.3 Å². The van der Waals surface area contributed by atoms with Gasteiger partial charge in [-0.3, -0.25) is 4.79 Å². The number of morpholine rings is 1. The van der Waals surface area contributed by atoms with Crippen LogP contribution in [0.15, 0.2) is 24.3 Å². The fourth-order valence-electron chi connectivity index (χ4n) is 2.26. The van der Waals surface area contributed by atoms with Gasteiger partial charge in [0.25, 0.3) is 0 Å². The van der Waals surface area contributed by atoms with Gasteiger partial charge in [-0.05, 0) is 24.3 Å². The molecule has 1 atom stereocenters. The van der Waals surface area contributed by atoms with Crippen LogP contribution >= 0.6 is 0 Å². The van der Waals surface area contributed by atoms with E-state index in [9.17, 15) is 4.79 Å². The topological polar surface area (TPSA) is 76.8 Å². The summed E-state index contributed by atoms with van der Waals surface area (Å²) in [5.74, 6) is -0.0913. The lowest BCUT2D eigenvalue weighted by atomic mass is 10.2. The van der Waals surface area contributed by atoms with Crippen LogP contribution in [0.3, 0.4) is 0 Å². The van der Waals surface area contributed by atoms with E-state index in [2.05, 4.69) is 10.2 Å². The zero-order chi connectivity index (χ0) is 15.1. The van der Waals surface area contributed by atoms with E-state index < -0.39 is 0 Å². The number of nitrogens with one attached hydrogen (secondary N) is 1. The molecule has 0 aliphatic carbocycles. The lowest BCUT2D eigenvalue weighted by Gasteiger charge is -2.28. The number of nitrogens with two attached hydrogens (primary N) is 1. The Morgan fingerprint density at radius 3 is 2.62 bits per heavy atom. The van der Waals surface area contributed by atoms with Crippen LogP contribution in [0.4, 0.5) is 11.4 Å². The van der Waals surface area contributed by atoms with Gasteiger partial charge in [-0.1, -0.05) is 0 Å². The van der Waals surface area contributed by atoms with Gasteiger partial charge in [-0.25, -0.2) is 0 Å². The number of rotatable bonds is 6. The highest BCUT2D eigenvalue weighted by molar-refractivity contribution is 5.91. The number of carbonyl (C=O) groups is 1. The minimum absolute atomic E-state index is 0.0913. The molecule has 0 saturated carbocycles. The Morgan fingerprint density at radius 2 is 2.05 bits per heavy atom. The Morgan fingerprint density at radius 1 is 1.38 bits per heavy atom. The number of hydrogen-bond acceptors (Lipinski definition) is 5. The molecule has 21 heavy (non-hydrogen) atoms. The van der Waals surface area contributed by atoms with Gasteiger partial charge in [-0.15, -0.1) is 0 Å². The van der Waals surface area contributed by atoms with E-state index in [1.165, 1.54) is 0 Å². The first-order valence-electron chi connectivity index (χ1n) is 7.18. The van der Waals surface area contributed by atoms with Crippen molar-refractivity contribution in [1.82, 2.24) is 0 Å². The van der Waals surface area contributed by atoms with Crippen molar-refractivity contribution in [2.24, 2.45) is 5.73 Å². The number of carbonyl (C=O) groups excluding carboxylic acids is 1. The van der Waals surface area contributed by atoms with Crippen molar-refractivity contribution < 1.29 is 14.3 Å². The number of nitrogens with zero attached hydrogens (tertiary/aromatic N) is 1. The summed E-state index contributed by atoms with van der Waals surface area (Å²) < 4.78 is 10.4. The summed E-state index contributed by atoms with van der Waals surface area (Å²) in [7, 11) is 1.56. The van der Waals surface area contributed by atoms with Crippen molar-refractivity contribution in [3.05, 3.63) is 24.3 Å². The van der Waals surface area contributed by atoms with Crippen LogP contribution in [0.2, 0.25) is 0 Å². The molecular weight excluding hydrogens is 270 g/mol. The number of methoxy groups -OCH3 is 1. The fourth-order valence-corrected chi connectivity index (χ4v) is 2.26. The van der Waals surface area contributed by atoms with Gasteiger partial charge in [0.2, 0.25) is 5.91 Å². The van der Waals surface area contributed by atoms with Crippen LogP contribution in [0.1, 0.15) is 6.42 Å². The van der Waals surface area contributed by atoms with E-state index >= 15 is 0 Å². The van der Waals surface area contributed by atoms with Crippen LogP contribution in [0.5, 0.6) is 0 Å². The second-order valence-corrected chi connectivity index (χ2v) is 4.99.